The fourth-order valence-corrected chi connectivity index (χ4v) is 3.21. The Morgan fingerprint density at radius 3 is 2.45 bits per heavy atom. The molecule has 20 heavy (non-hydrogen) atoms. The molecule has 1 saturated heterocycles. The zero-order valence-corrected chi connectivity index (χ0v) is 12.5. The van der Waals surface area contributed by atoms with Crippen LogP contribution in [0, 0.1) is 0 Å². The predicted molar refractivity (Wildman–Crippen MR) is 78.4 cm³/mol. The molecule has 2 fully saturated rings. The van der Waals surface area contributed by atoms with Crippen molar-refractivity contribution in [2.24, 2.45) is 0 Å². The average molecular weight is 281 g/mol. The minimum Gasteiger partial charge on any atom is -0.335 e. The van der Waals surface area contributed by atoms with Gasteiger partial charge in [-0.05, 0) is 39.2 Å². The molecule has 0 aromatic rings. The maximum atomic E-state index is 11.9. The first-order valence-corrected chi connectivity index (χ1v) is 7.99. The molecule has 0 aromatic heterocycles. The van der Waals surface area contributed by atoms with Gasteiger partial charge in [0.1, 0.15) is 0 Å². The minimum atomic E-state index is -0.327. The van der Waals surface area contributed by atoms with Gasteiger partial charge in [0.25, 0.3) is 0 Å². The second-order valence-corrected chi connectivity index (χ2v) is 6.17. The lowest BCUT2D eigenvalue weighted by Gasteiger charge is -2.32. The molecule has 1 aliphatic carbocycles. The van der Waals surface area contributed by atoms with E-state index >= 15 is 0 Å². The second-order valence-electron chi connectivity index (χ2n) is 6.17. The molecule has 2 rings (SSSR count). The van der Waals surface area contributed by atoms with Gasteiger partial charge in [-0.25, -0.2) is 4.79 Å². The van der Waals surface area contributed by atoms with E-state index in [4.69, 9.17) is 0 Å². The van der Waals surface area contributed by atoms with Gasteiger partial charge in [0, 0.05) is 12.1 Å². The Bertz CT molecular complexity index is 340. The Hall–Kier alpha value is -1.10. The molecule has 0 unspecified atom stereocenters. The van der Waals surface area contributed by atoms with Gasteiger partial charge >= 0.3 is 6.03 Å². The first-order chi connectivity index (χ1) is 9.65. The number of imide groups is 1. The maximum absolute atomic E-state index is 11.9. The number of hydrogen-bond donors (Lipinski definition) is 2. The Labute approximate surface area is 121 Å². The molecule has 0 spiro atoms. The topological polar surface area (TPSA) is 61.4 Å². The van der Waals surface area contributed by atoms with E-state index in [-0.39, 0.29) is 18.0 Å². The molecule has 1 atom stereocenters. The number of nitrogens with one attached hydrogen (secondary N) is 2. The molecule has 0 radical (unpaired) electrons. The van der Waals surface area contributed by atoms with E-state index in [1.807, 2.05) is 0 Å². The predicted octanol–water partition coefficient (Wildman–Crippen LogP) is 2.02. The van der Waals surface area contributed by atoms with E-state index in [2.05, 4.69) is 22.5 Å². The van der Waals surface area contributed by atoms with Crippen LogP contribution in [0.2, 0.25) is 0 Å². The van der Waals surface area contributed by atoms with Crippen molar-refractivity contribution in [3.8, 4) is 0 Å². The van der Waals surface area contributed by atoms with Crippen molar-refractivity contribution in [2.45, 2.75) is 70.4 Å². The van der Waals surface area contributed by atoms with Crippen LogP contribution in [-0.4, -0.2) is 42.0 Å². The van der Waals surface area contributed by atoms with Gasteiger partial charge in [-0.1, -0.05) is 25.7 Å². The number of likely N-dealkylation sites (tertiary alicyclic amines) is 1. The Kier molecular flexibility index (Phi) is 5.83. The van der Waals surface area contributed by atoms with Gasteiger partial charge < -0.3 is 5.32 Å². The zero-order chi connectivity index (χ0) is 14.4. The molecule has 5 nitrogen and oxygen atoms in total. The highest BCUT2D eigenvalue weighted by Gasteiger charge is 2.22. The summed E-state index contributed by atoms with van der Waals surface area (Å²) in [5.74, 6) is -0.188. The third kappa shape index (κ3) is 4.78. The van der Waals surface area contributed by atoms with Crippen LogP contribution in [0.5, 0.6) is 0 Å². The van der Waals surface area contributed by atoms with Gasteiger partial charge in [0.2, 0.25) is 5.91 Å². The molecule has 5 heteroatoms. The van der Waals surface area contributed by atoms with Crippen LogP contribution < -0.4 is 10.6 Å². The minimum absolute atomic E-state index is 0.188. The van der Waals surface area contributed by atoms with Crippen molar-refractivity contribution in [2.75, 3.05) is 13.1 Å². The van der Waals surface area contributed by atoms with Crippen molar-refractivity contribution in [3.63, 3.8) is 0 Å². The highest BCUT2D eigenvalue weighted by atomic mass is 16.2. The molecule has 1 aliphatic heterocycles. The number of piperidine rings is 1. The van der Waals surface area contributed by atoms with Gasteiger partial charge in [0.05, 0.1) is 6.54 Å². The summed E-state index contributed by atoms with van der Waals surface area (Å²) in [6, 6.07) is 0.355. The lowest BCUT2D eigenvalue weighted by molar-refractivity contribution is -0.122. The van der Waals surface area contributed by atoms with Crippen molar-refractivity contribution in [3.05, 3.63) is 0 Å². The van der Waals surface area contributed by atoms with E-state index in [0.717, 1.165) is 32.2 Å². The van der Waals surface area contributed by atoms with Gasteiger partial charge in [-0.2, -0.15) is 0 Å². The van der Waals surface area contributed by atoms with Crippen LogP contribution in [0.4, 0.5) is 4.79 Å². The fraction of sp³-hybridized carbons (Fsp3) is 0.867. The Morgan fingerprint density at radius 1 is 1.05 bits per heavy atom. The first kappa shape index (κ1) is 15.3. The molecule has 0 bridgehead atoms. The highest BCUT2D eigenvalue weighted by molar-refractivity contribution is 5.95. The van der Waals surface area contributed by atoms with Crippen LogP contribution in [0.1, 0.15) is 58.3 Å². The summed E-state index contributed by atoms with van der Waals surface area (Å²) in [5.41, 5.74) is 0. The summed E-state index contributed by atoms with van der Waals surface area (Å²) in [5, 5.41) is 5.37. The molecule has 2 N–H and O–H groups in total. The molecule has 2 aliphatic rings. The summed E-state index contributed by atoms with van der Waals surface area (Å²) >= 11 is 0. The SMILES string of the molecule is C[C@@H]1CCCCN1CC(=O)NC(=O)NC1CCCCC1. The summed E-state index contributed by atoms with van der Waals surface area (Å²) in [6.45, 7) is 3.44. The fourth-order valence-electron chi connectivity index (χ4n) is 3.21. The molecule has 1 heterocycles. The molecule has 1 saturated carbocycles. The van der Waals surface area contributed by atoms with Crippen LogP contribution in [0.25, 0.3) is 0 Å². The Morgan fingerprint density at radius 2 is 1.75 bits per heavy atom. The van der Waals surface area contributed by atoms with Crippen LogP contribution >= 0.6 is 0 Å². The number of hydrogen-bond acceptors (Lipinski definition) is 3. The third-order valence-corrected chi connectivity index (χ3v) is 4.48. The highest BCUT2D eigenvalue weighted by Crippen LogP contribution is 2.17. The number of rotatable bonds is 3. The number of nitrogens with zero attached hydrogens (tertiary/aromatic N) is 1. The van der Waals surface area contributed by atoms with E-state index in [1.54, 1.807) is 0 Å². The number of amides is 3. The summed E-state index contributed by atoms with van der Waals surface area (Å²) in [4.78, 5) is 25.8. The van der Waals surface area contributed by atoms with E-state index in [0.29, 0.717) is 12.6 Å². The van der Waals surface area contributed by atoms with E-state index in [1.165, 1.54) is 25.7 Å². The lowest BCUT2D eigenvalue weighted by Crippen LogP contribution is -2.50. The lowest BCUT2D eigenvalue weighted by atomic mass is 9.96. The molecule has 0 aromatic carbocycles. The third-order valence-electron chi connectivity index (χ3n) is 4.48. The van der Waals surface area contributed by atoms with E-state index in [9.17, 15) is 9.59 Å². The summed E-state index contributed by atoms with van der Waals surface area (Å²) in [7, 11) is 0. The largest absolute Gasteiger partial charge is 0.335 e. The molecule has 114 valence electrons. The standard InChI is InChI=1S/C15H27N3O2/c1-12-7-5-6-10-18(12)11-14(19)17-15(20)16-13-8-3-2-4-9-13/h12-13H,2-11H2,1H3,(H2,16,17,19,20)/t12-/m1/s1. The van der Waals surface area contributed by atoms with Crippen molar-refractivity contribution < 1.29 is 9.59 Å². The smallest absolute Gasteiger partial charge is 0.321 e. The normalized spacial score (nSPS) is 25.1. The van der Waals surface area contributed by atoms with Crippen molar-refractivity contribution in [1.82, 2.24) is 15.5 Å². The average Bonchev–Trinajstić information content (AvgIpc) is 2.42. The summed E-state index contributed by atoms with van der Waals surface area (Å²) in [6.07, 6.45) is 9.18. The van der Waals surface area contributed by atoms with Crippen molar-refractivity contribution >= 4 is 11.9 Å². The number of carbonyl (C=O) groups excluding carboxylic acids is 2. The number of carbonyl (C=O) groups is 2. The first-order valence-electron chi connectivity index (χ1n) is 7.99. The van der Waals surface area contributed by atoms with Crippen molar-refractivity contribution in [1.29, 1.82) is 0 Å². The second kappa shape index (κ2) is 7.62. The van der Waals surface area contributed by atoms with Crippen LogP contribution in [-0.2, 0) is 4.79 Å². The molecular formula is C15H27N3O2. The van der Waals surface area contributed by atoms with Crippen LogP contribution in [0.15, 0.2) is 0 Å². The molecule has 3 amide bonds. The van der Waals surface area contributed by atoms with Gasteiger partial charge in [-0.15, -0.1) is 0 Å². The quantitative estimate of drug-likeness (QED) is 0.832. The number of urea groups is 1. The van der Waals surface area contributed by atoms with Crippen LogP contribution in [0.3, 0.4) is 0 Å². The van der Waals surface area contributed by atoms with E-state index < -0.39 is 0 Å². The van der Waals surface area contributed by atoms with Gasteiger partial charge in [0.15, 0.2) is 0 Å². The zero-order valence-electron chi connectivity index (χ0n) is 12.5. The molecular weight excluding hydrogens is 254 g/mol. The van der Waals surface area contributed by atoms with Gasteiger partial charge in [-0.3, -0.25) is 15.0 Å². The maximum Gasteiger partial charge on any atom is 0.321 e. The Balaban J connectivity index is 1.68. The summed E-state index contributed by atoms with van der Waals surface area (Å²) < 4.78 is 0. The monoisotopic (exact) mass is 281 g/mol.